The molecule has 1 aromatic carbocycles. The molecule has 0 radical (unpaired) electrons. The minimum Gasteiger partial charge on any atom is -0.496 e. The van der Waals surface area contributed by atoms with Gasteiger partial charge >= 0.3 is 5.97 Å². The van der Waals surface area contributed by atoms with Crippen molar-refractivity contribution in [3.63, 3.8) is 0 Å². The van der Waals surface area contributed by atoms with Crippen LogP contribution in [0.5, 0.6) is 11.5 Å². The molecule has 0 fully saturated rings. The molecular weight excluding hydrogens is 308 g/mol. The molecule has 1 aromatic rings. The fourth-order valence-corrected chi connectivity index (χ4v) is 2.65. The van der Waals surface area contributed by atoms with Crippen LogP contribution in [0.25, 0.3) is 0 Å². The highest BCUT2D eigenvalue weighted by Gasteiger charge is 2.23. The molecule has 0 aliphatic rings. The van der Waals surface area contributed by atoms with Gasteiger partial charge in [-0.2, -0.15) is 0 Å². The zero-order valence-corrected chi connectivity index (χ0v) is 15.0. The number of hydrogen-bond donors (Lipinski definition) is 1. The average molecular weight is 338 g/mol. The lowest BCUT2D eigenvalue weighted by molar-refractivity contribution is -0.139. The number of hydrogen-bond acceptors (Lipinski definition) is 4. The molecule has 24 heavy (non-hydrogen) atoms. The minimum absolute atomic E-state index is 0.542. The highest BCUT2D eigenvalue weighted by atomic mass is 16.5. The van der Waals surface area contributed by atoms with Crippen molar-refractivity contribution in [2.75, 3.05) is 27.4 Å². The van der Waals surface area contributed by atoms with Crippen LogP contribution in [-0.2, 0) is 9.53 Å². The largest absolute Gasteiger partial charge is 0.496 e. The summed E-state index contributed by atoms with van der Waals surface area (Å²) in [4.78, 5) is 11.7. The molecule has 1 unspecified atom stereocenters. The van der Waals surface area contributed by atoms with Gasteiger partial charge in [-0.05, 0) is 12.5 Å². The van der Waals surface area contributed by atoms with Gasteiger partial charge in [0.2, 0.25) is 0 Å². The van der Waals surface area contributed by atoms with Crippen molar-refractivity contribution >= 4 is 5.97 Å². The van der Waals surface area contributed by atoms with Gasteiger partial charge < -0.3 is 19.3 Å². The summed E-state index contributed by atoms with van der Waals surface area (Å²) < 4.78 is 16.0. The lowest BCUT2D eigenvalue weighted by atomic mass is 9.92. The van der Waals surface area contributed by atoms with Crippen LogP contribution in [0.4, 0.5) is 0 Å². The Morgan fingerprint density at radius 2 is 1.92 bits per heavy atom. The SMILES string of the molecule is CCCCCCC(C(=O)O)c1ccc(OCCCOC)cc1OC. The number of carboxylic acids is 1. The number of aliphatic carboxylic acids is 1. The normalized spacial score (nSPS) is 12.0. The predicted octanol–water partition coefficient (Wildman–Crippen LogP) is 4.25. The van der Waals surface area contributed by atoms with E-state index in [1.54, 1.807) is 20.3 Å². The molecule has 0 spiro atoms. The summed E-state index contributed by atoms with van der Waals surface area (Å²) in [6.07, 6.45) is 5.66. The number of unbranched alkanes of at least 4 members (excludes halogenated alkanes) is 3. The van der Waals surface area contributed by atoms with Crippen LogP contribution in [0, 0.1) is 0 Å². The third-order valence-corrected chi connectivity index (χ3v) is 3.99. The van der Waals surface area contributed by atoms with Crippen molar-refractivity contribution in [3.05, 3.63) is 23.8 Å². The summed E-state index contributed by atoms with van der Waals surface area (Å²) in [5, 5.41) is 9.57. The molecule has 0 aliphatic heterocycles. The molecule has 0 amide bonds. The highest BCUT2D eigenvalue weighted by molar-refractivity contribution is 5.77. The lowest BCUT2D eigenvalue weighted by Gasteiger charge is -2.17. The Hall–Kier alpha value is -1.75. The molecule has 0 heterocycles. The summed E-state index contributed by atoms with van der Waals surface area (Å²) in [6.45, 7) is 3.34. The van der Waals surface area contributed by atoms with Crippen molar-refractivity contribution in [1.29, 1.82) is 0 Å². The second-order valence-corrected chi connectivity index (χ2v) is 5.84. The number of carbonyl (C=O) groups is 1. The van der Waals surface area contributed by atoms with Crippen molar-refractivity contribution < 1.29 is 24.1 Å². The molecule has 5 heteroatoms. The Labute approximate surface area is 144 Å². The van der Waals surface area contributed by atoms with E-state index in [1.807, 2.05) is 12.1 Å². The molecule has 0 saturated carbocycles. The number of methoxy groups -OCH3 is 2. The van der Waals surface area contributed by atoms with E-state index >= 15 is 0 Å². The first-order chi connectivity index (χ1) is 11.6. The molecule has 0 saturated heterocycles. The van der Waals surface area contributed by atoms with Crippen LogP contribution in [0.15, 0.2) is 18.2 Å². The van der Waals surface area contributed by atoms with Gasteiger partial charge in [-0.15, -0.1) is 0 Å². The summed E-state index contributed by atoms with van der Waals surface area (Å²) in [7, 11) is 3.22. The van der Waals surface area contributed by atoms with E-state index in [0.29, 0.717) is 36.7 Å². The van der Waals surface area contributed by atoms with Gasteiger partial charge in [0.15, 0.2) is 0 Å². The van der Waals surface area contributed by atoms with E-state index in [0.717, 1.165) is 32.1 Å². The molecule has 1 rings (SSSR count). The monoisotopic (exact) mass is 338 g/mol. The van der Waals surface area contributed by atoms with Gasteiger partial charge in [-0.3, -0.25) is 4.79 Å². The number of rotatable bonds is 13. The summed E-state index contributed by atoms with van der Waals surface area (Å²) in [5.74, 6) is -0.0955. The van der Waals surface area contributed by atoms with E-state index in [1.165, 1.54) is 0 Å². The van der Waals surface area contributed by atoms with Gasteiger partial charge in [-0.25, -0.2) is 0 Å². The van der Waals surface area contributed by atoms with Crippen LogP contribution in [0.3, 0.4) is 0 Å². The molecule has 1 atom stereocenters. The Kier molecular flexibility index (Phi) is 9.92. The molecule has 0 aliphatic carbocycles. The van der Waals surface area contributed by atoms with Gasteiger partial charge in [0.05, 0.1) is 19.6 Å². The van der Waals surface area contributed by atoms with Crippen molar-refractivity contribution in [2.24, 2.45) is 0 Å². The van der Waals surface area contributed by atoms with E-state index in [2.05, 4.69) is 6.92 Å². The minimum atomic E-state index is -0.807. The molecule has 0 bridgehead atoms. The van der Waals surface area contributed by atoms with Crippen molar-refractivity contribution in [1.82, 2.24) is 0 Å². The van der Waals surface area contributed by atoms with Gasteiger partial charge in [0, 0.05) is 31.8 Å². The third-order valence-electron chi connectivity index (χ3n) is 3.99. The smallest absolute Gasteiger partial charge is 0.311 e. The molecule has 0 aromatic heterocycles. The van der Waals surface area contributed by atoms with Gasteiger partial charge in [0.1, 0.15) is 11.5 Å². The maximum atomic E-state index is 11.7. The Balaban J connectivity index is 2.77. The second kappa shape index (κ2) is 11.7. The highest BCUT2D eigenvalue weighted by Crippen LogP contribution is 2.34. The number of carboxylic acid groups (broad SMARTS) is 1. The summed E-state index contributed by atoms with van der Waals surface area (Å²) in [6, 6.07) is 5.39. The Morgan fingerprint density at radius 1 is 1.12 bits per heavy atom. The molecular formula is C19H30O5. The van der Waals surface area contributed by atoms with Crippen LogP contribution in [0.1, 0.15) is 56.9 Å². The topological polar surface area (TPSA) is 65.0 Å². The Morgan fingerprint density at radius 3 is 2.54 bits per heavy atom. The average Bonchev–Trinajstić information content (AvgIpc) is 2.58. The van der Waals surface area contributed by atoms with Crippen LogP contribution < -0.4 is 9.47 Å². The zero-order chi connectivity index (χ0) is 17.8. The quantitative estimate of drug-likeness (QED) is 0.545. The maximum Gasteiger partial charge on any atom is 0.311 e. The Bertz CT molecular complexity index is 487. The van der Waals surface area contributed by atoms with E-state index in [4.69, 9.17) is 14.2 Å². The standard InChI is InChI=1S/C19H30O5/c1-4-5-6-7-9-17(19(20)21)16-11-10-15(14-18(16)23-3)24-13-8-12-22-2/h10-11,14,17H,4-9,12-13H2,1-3H3,(H,20,21). The third kappa shape index (κ3) is 6.79. The first-order valence-electron chi connectivity index (χ1n) is 8.66. The second-order valence-electron chi connectivity index (χ2n) is 5.84. The van der Waals surface area contributed by atoms with Crippen molar-refractivity contribution in [3.8, 4) is 11.5 Å². The maximum absolute atomic E-state index is 11.7. The fourth-order valence-electron chi connectivity index (χ4n) is 2.65. The van der Waals surface area contributed by atoms with Crippen LogP contribution >= 0.6 is 0 Å². The lowest BCUT2D eigenvalue weighted by Crippen LogP contribution is -2.13. The van der Waals surface area contributed by atoms with E-state index in [9.17, 15) is 9.90 Å². The van der Waals surface area contributed by atoms with Gasteiger partial charge in [-0.1, -0.05) is 38.7 Å². The van der Waals surface area contributed by atoms with Crippen LogP contribution in [0.2, 0.25) is 0 Å². The van der Waals surface area contributed by atoms with Crippen LogP contribution in [-0.4, -0.2) is 38.5 Å². The van der Waals surface area contributed by atoms with Crippen molar-refractivity contribution in [2.45, 2.75) is 51.4 Å². The molecule has 5 nitrogen and oxygen atoms in total. The number of ether oxygens (including phenoxy) is 3. The fraction of sp³-hybridized carbons (Fsp3) is 0.632. The van der Waals surface area contributed by atoms with E-state index in [-0.39, 0.29) is 0 Å². The summed E-state index contributed by atoms with van der Waals surface area (Å²) in [5.41, 5.74) is 0.714. The van der Waals surface area contributed by atoms with E-state index < -0.39 is 11.9 Å². The predicted molar refractivity (Wildman–Crippen MR) is 94.1 cm³/mol. The zero-order valence-electron chi connectivity index (χ0n) is 15.0. The first-order valence-corrected chi connectivity index (χ1v) is 8.66. The first kappa shape index (κ1) is 20.3. The van der Waals surface area contributed by atoms with Gasteiger partial charge in [0.25, 0.3) is 0 Å². The summed E-state index contributed by atoms with van der Waals surface area (Å²) >= 11 is 0. The molecule has 136 valence electrons. The number of benzene rings is 1. The molecule has 1 N–H and O–H groups in total.